The van der Waals surface area contributed by atoms with Gasteiger partial charge >= 0.3 is 0 Å². The number of halogens is 1. The Balaban J connectivity index is 1.82. The van der Waals surface area contributed by atoms with Crippen LogP contribution in [0.4, 0.5) is 5.69 Å². The van der Waals surface area contributed by atoms with E-state index < -0.39 is 6.04 Å². The number of nitrogens with zero attached hydrogens (tertiary/aromatic N) is 1. The van der Waals surface area contributed by atoms with Gasteiger partial charge < -0.3 is 15.0 Å². The number of amides is 2. The number of carbonyl (C=O) groups is 2. The minimum Gasteiger partial charge on any atom is -0.496 e. The van der Waals surface area contributed by atoms with Crippen LogP contribution in [0, 0.1) is 13.8 Å². The van der Waals surface area contributed by atoms with Gasteiger partial charge in [0.1, 0.15) is 11.8 Å². The summed E-state index contributed by atoms with van der Waals surface area (Å²) in [4.78, 5) is 27.6. The first kappa shape index (κ1) is 19.2. The summed E-state index contributed by atoms with van der Waals surface area (Å²) < 4.78 is 5.29. The zero-order valence-corrected chi connectivity index (χ0v) is 16.5. The third-order valence-electron chi connectivity index (χ3n) is 4.86. The van der Waals surface area contributed by atoms with Gasteiger partial charge in [0.2, 0.25) is 5.91 Å². The SMILES string of the molecule is COc1ccc(Cl)cc1C(=O)N1CCC[C@H]1C(=O)Nc1cc(C)ccc1C. The van der Waals surface area contributed by atoms with Gasteiger partial charge in [0.25, 0.3) is 5.91 Å². The predicted molar refractivity (Wildman–Crippen MR) is 107 cm³/mol. The number of carbonyl (C=O) groups excluding carboxylic acids is 2. The number of likely N-dealkylation sites (tertiary alicyclic amines) is 1. The van der Waals surface area contributed by atoms with E-state index in [1.807, 2.05) is 32.0 Å². The topological polar surface area (TPSA) is 58.6 Å². The van der Waals surface area contributed by atoms with Crippen LogP contribution in [0.3, 0.4) is 0 Å². The Hall–Kier alpha value is -2.53. The summed E-state index contributed by atoms with van der Waals surface area (Å²) in [6.07, 6.45) is 1.41. The highest BCUT2D eigenvalue weighted by Gasteiger charge is 2.35. The van der Waals surface area contributed by atoms with Crippen molar-refractivity contribution in [3.8, 4) is 5.75 Å². The van der Waals surface area contributed by atoms with Crippen molar-refractivity contribution in [2.24, 2.45) is 0 Å². The number of nitrogens with one attached hydrogen (secondary N) is 1. The van der Waals surface area contributed by atoms with Crippen molar-refractivity contribution >= 4 is 29.1 Å². The van der Waals surface area contributed by atoms with Crippen molar-refractivity contribution in [1.82, 2.24) is 4.90 Å². The van der Waals surface area contributed by atoms with Crippen LogP contribution in [0.15, 0.2) is 36.4 Å². The maximum absolute atomic E-state index is 13.1. The quantitative estimate of drug-likeness (QED) is 0.856. The van der Waals surface area contributed by atoms with Gasteiger partial charge in [-0.25, -0.2) is 0 Å². The molecule has 5 nitrogen and oxygen atoms in total. The zero-order valence-electron chi connectivity index (χ0n) is 15.7. The highest BCUT2D eigenvalue weighted by Crippen LogP contribution is 2.28. The first-order chi connectivity index (χ1) is 12.9. The first-order valence-electron chi connectivity index (χ1n) is 8.93. The van der Waals surface area contributed by atoms with E-state index in [4.69, 9.17) is 16.3 Å². The monoisotopic (exact) mass is 386 g/mol. The van der Waals surface area contributed by atoms with E-state index in [1.165, 1.54) is 7.11 Å². The van der Waals surface area contributed by atoms with Crippen LogP contribution >= 0.6 is 11.6 Å². The summed E-state index contributed by atoms with van der Waals surface area (Å²) in [5.41, 5.74) is 3.20. The Labute approximate surface area is 164 Å². The molecular weight excluding hydrogens is 364 g/mol. The number of aryl methyl sites for hydroxylation is 2. The Morgan fingerprint density at radius 2 is 1.96 bits per heavy atom. The molecule has 2 amide bonds. The molecule has 1 saturated heterocycles. The van der Waals surface area contributed by atoms with E-state index in [-0.39, 0.29) is 11.8 Å². The number of benzene rings is 2. The van der Waals surface area contributed by atoms with E-state index in [0.717, 1.165) is 23.2 Å². The van der Waals surface area contributed by atoms with Crippen LogP contribution in [0.5, 0.6) is 5.75 Å². The van der Waals surface area contributed by atoms with E-state index in [1.54, 1.807) is 23.1 Å². The van der Waals surface area contributed by atoms with Crippen molar-refractivity contribution in [2.45, 2.75) is 32.7 Å². The number of hydrogen-bond acceptors (Lipinski definition) is 3. The van der Waals surface area contributed by atoms with Crippen LogP contribution < -0.4 is 10.1 Å². The average Bonchev–Trinajstić information content (AvgIpc) is 3.14. The molecule has 0 spiro atoms. The molecule has 2 aromatic carbocycles. The van der Waals surface area contributed by atoms with E-state index in [9.17, 15) is 9.59 Å². The number of ether oxygens (including phenoxy) is 1. The van der Waals surface area contributed by atoms with Gasteiger partial charge in [-0.1, -0.05) is 23.7 Å². The number of hydrogen-bond donors (Lipinski definition) is 1. The van der Waals surface area contributed by atoms with E-state index in [2.05, 4.69) is 5.32 Å². The molecule has 0 saturated carbocycles. The second kappa shape index (κ2) is 8.01. The zero-order chi connectivity index (χ0) is 19.6. The smallest absolute Gasteiger partial charge is 0.258 e. The maximum Gasteiger partial charge on any atom is 0.258 e. The lowest BCUT2D eigenvalue weighted by Crippen LogP contribution is -2.43. The fraction of sp³-hybridized carbons (Fsp3) is 0.333. The minimum absolute atomic E-state index is 0.171. The summed E-state index contributed by atoms with van der Waals surface area (Å²) in [7, 11) is 1.51. The number of anilines is 1. The van der Waals surface area contributed by atoms with Crippen LogP contribution in [0.1, 0.15) is 34.3 Å². The molecule has 1 aliphatic heterocycles. The first-order valence-corrected chi connectivity index (χ1v) is 9.31. The van der Waals surface area contributed by atoms with Crippen LogP contribution in [0.2, 0.25) is 5.02 Å². The molecule has 1 N–H and O–H groups in total. The Morgan fingerprint density at radius 1 is 1.19 bits per heavy atom. The summed E-state index contributed by atoms with van der Waals surface area (Å²) in [5, 5.41) is 3.43. The van der Waals surface area contributed by atoms with Gasteiger partial charge in [0, 0.05) is 17.3 Å². The highest BCUT2D eigenvalue weighted by atomic mass is 35.5. The lowest BCUT2D eigenvalue weighted by Gasteiger charge is -2.25. The van der Waals surface area contributed by atoms with Crippen LogP contribution in [-0.2, 0) is 4.79 Å². The molecule has 0 aliphatic carbocycles. The van der Waals surface area contributed by atoms with Gasteiger partial charge in [-0.15, -0.1) is 0 Å². The van der Waals surface area contributed by atoms with Gasteiger partial charge in [-0.2, -0.15) is 0 Å². The van der Waals surface area contributed by atoms with E-state index in [0.29, 0.717) is 29.3 Å². The van der Waals surface area contributed by atoms with Crippen molar-refractivity contribution in [3.05, 3.63) is 58.1 Å². The van der Waals surface area contributed by atoms with Crippen molar-refractivity contribution in [1.29, 1.82) is 0 Å². The maximum atomic E-state index is 13.1. The molecule has 1 heterocycles. The third-order valence-corrected chi connectivity index (χ3v) is 5.09. The summed E-state index contributed by atoms with van der Waals surface area (Å²) in [5.74, 6) is 0.0356. The molecule has 27 heavy (non-hydrogen) atoms. The second-order valence-electron chi connectivity index (χ2n) is 6.81. The van der Waals surface area contributed by atoms with Gasteiger partial charge in [0.05, 0.1) is 12.7 Å². The second-order valence-corrected chi connectivity index (χ2v) is 7.25. The normalized spacial score (nSPS) is 16.3. The van der Waals surface area contributed by atoms with Crippen LogP contribution in [-0.4, -0.2) is 36.4 Å². The molecule has 0 radical (unpaired) electrons. The lowest BCUT2D eigenvalue weighted by molar-refractivity contribution is -0.119. The third kappa shape index (κ3) is 4.08. The van der Waals surface area contributed by atoms with Crippen molar-refractivity contribution < 1.29 is 14.3 Å². The molecule has 0 bridgehead atoms. The fourth-order valence-electron chi connectivity index (χ4n) is 3.37. The Kier molecular flexibility index (Phi) is 5.71. The predicted octanol–water partition coefficient (Wildman–Crippen LogP) is 4.21. The summed E-state index contributed by atoms with van der Waals surface area (Å²) >= 11 is 6.06. The van der Waals surface area contributed by atoms with Crippen molar-refractivity contribution in [3.63, 3.8) is 0 Å². The molecule has 1 atom stereocenters. The molecule has 1 fully saturated rings. The van der Waals surface area contributed by atoms with Gasteiger partial charge in [-0.3, -0.25) is 9.59 Å². The Bertz CT molecular complexity index is 882. The Morgan fingerprint density at radius 3 is 2.70 bits per heavy atom. The van der Waals surface area contributed by atoms with Gasteiger partial charge in [-0.05, 0) is 62.1 Å². The van der Waals surface area contributed by atoms with Crippen molar-refractivity contribution in [2.75, 3.05) is 19.0 Å². The minimum atomic E-state index is -0.513. The molecule has 3 rings (SSSR count). The molecule has 0 unspecified atom stereocenters. The highest BCUT2D eigenvalue weighted by molar-refractivity contribution is 6.31. The van der Waals surface area contributed by atoms with Gasteiger partial charge in [0.15, 0.2) is 0 Å². The molecular formula is C21H23ClN2O3. The number of methoxy groups -OCH3 is 1. The lowest BCUT2D eigenvalue weighted by atomic mass is 10.1. The molecule has 2 aromatic rings. The molecule has 0 aromatic heterocycles. The molecule has 6 heteroatoms. The summed E-state index contributed by atoms with van der Waals surface area (Å²) in [6.45, 7) is 4.45. The molecule has 142 valence electrons. The summed E-state index contributed by atoms with van der Waals surface area (Å²) in [6, 6.07) is 10.3. The van der Waals surface area contributed by atoms with E-state index >= 15 is 0 Å². The largest absolute Gasteiger partial charge is 0.496 e. The average molecular weight is 387 g/mol. The standard InChI is InChI=1S/C21H23ClN2O3/c1-13-6-7-14(2)17(11-13)23-20(25)18-5-4-10-24(18)21(26)16-12-15(22)8-9-19(16)27-3/h6-9,11-12,18H,4-5,10H2,1-3H3,(H,23,25)/t18-/m0/s1. The molecule has 1 aliphatic rings. The number of rotatable bonds is 4. The van der Waals surface area contributed by atoms with Crippen LogP contribution in [0.25, 0.3) is 0 Å². The fourth-order valence-corrected chi connectivity index (χ4v) is 3.54.